The summed E-state index contributed by atoms with van der Waals surface area (Å²) in [5.74, 6) is -0.0349. The highest BCUT2D eigenvalue weighted by molar-refractivity contribution is 9.10. The Morgan fingerprint density at radius 2 is 2.28 bits per heavy atom. The smallest absolute Gasteiger partial charge is 0.239 e. The molecule has 1 atom stereocenters. The average Bonchev–Trinajstić information content (AvgIpc) is 2.78. The lowest BCUT2D eigenvalue weighted by Crippen LogP contribution is -2.21. The molecule has 5 heteroatoms. The van der Waals surface area contributed by atoms with Crippen LogP contribution >= 0.6 is 27.3 Å². The minimum absolute atomic E-state index is 0.0349. The van der Waals surface area contributed by atoms with Crippen molar-refractivity contribution in [2.45, 2.75) is 31.5 Å². The summed E-state index contributed by atoms with van der Waals surface area (Å²) in [4.78, 5) is 16.0. The number of carbonyl (C=O) groups excluding carboxylic acids is 1. The maximum Gasteiger partial charge on any atom is 0.239 e. The van der Waals surface area contributed by atoms with E-state index in [1.165, 1.54) is 16.9 Å². The van der Waals surface area contributed by atoms with Gasteiger partial charge in [-0.25, -0.2) is 4.98 Å². The van der Waals surface area contributed by atoms with E-state index in [0.717, 1.165) is 23.1 Å². The summed E-state index contributed by atoms with van der Waals surface area (Å²) in [7, 11) is 0. The van der Waals surface area contributed by atoms with Gasteiger partial charge in [-0.2, -0.15) is 0 Å². The Kier molecular flexibility index (Phi) is 4.35. The molecule has 0 saturated carbocycles. The summed E-state index contributed by atoms with van der Waals surface area (Å²) < 4.78 is 1.12. The highest BCUT2D eigenvalue weighted by Gasteiger charge is 2.14. The molecule has 18 heavy (non-hydrogen) atoms. The monoisotopic (exact) mass is 326 g/mol. The van der Waals surface area contributed by atoms with Crippen molar-refractivity contribution in [1.29, 1.82) is 0 Å². The molecule has 96 valence electrons. The number of aromatic nitrogens is 1. The van der Waals surface area contributed by atoms with Crippen LogP contribution in [0.25, 0.3) is 10.2 Å². The first-order chi connectivity index (χ1) is 8.63. The third-order valence-electron chi connectivity index (χ3n) is 2.73. The number of fused-ring (bicyclic) bond motifs is 1. The van der Waals surface area contributed by atoms with Gasteiger partial charge in [0.25, 0.3) is 0 Å². The number of benzene rings is 1. The van der Waals surface area contributed by atoms with Crippen LogP contribution in [0.15, 0.2) is 18.2 Å². The maximum absolute atomic E-state index is 11.8. The van der Waals surface area contributed by atoms with Gasteiger partial charge in [-0.15, -0.1) is 0 Å². The second kappa shape index (κ2) is 5.80. The van der Waals surface area contributed by atoms with Crippen molar-refractivity contribution >= 4 is 48.5 Å². The van der Waals surface area contributed by atoms with Gasteiger partial charge in [0.05, 0.1) is 15.0 Å². The Hall–Kier alpha value is -0.940. The number of amides is 1. The first-order valence-electron chi connectivity index (χ1n) is 5.98. The number of alkyl halides is 1. The average molecular weight is 327 g/mol. The predicted molar refractivity (Wildman–Crippen MR) is 80.6 cm³/mol. The first kappa shape index (κ1) is 13.5. The molecule has 1 N–H and O–H groups in total. The normalized spacial score (nSPS) is 12.6. The van der Waals surface area contributed by atoms with Crippen molar-refractivity contribution in [2.24, 2.45) is 0 Å². The molecule has 0 aliphatic heterocycles. The molecular weight excluding hydrogens is 312 g/mol. The number of carbonyl (C=O) groups is 1. The van der Waals surface area contributed by atoms with E-state index in [1.54, 1.807) is 0 Å². The zero-order chi connectivity index (χ0) is 13.1. The van der Waals surface area contributed by atoms with Crippen LogP contribution in [0.1, 0.15) is 25.8 Å². The molecule has 1 aromatic carbocycles. The summed E-state index contributed by atoms with van der Waals surface area (Å²) in [5.41, 5.74) is 2.23. The molecule has 0 spiro atoms. The SMILES string of the molecule is CCc1ccc2nc(NC(=O)C(Br)CC)sc2c1. The standard InChI is InChI=1S/C13H15BrN2OS/c1-3-8-5-6-10-11(7-8)18-13(15-10)16-12(17)9(14)4-2/h5-7,9H,3-4H2,1-2H3,(H,15,16,17). The molecule has 0 saturated heterocycles. The van der Waals surface area contributed by atoms with Crippen LogP contribution in [0.5, 0.6) is 0 Å². The Balaban J connectivity index is 2.22. The molecule has 0 aliphatic rings. The topological polar surface area (TPSA) is 42.0 Å². The van der Waals surface area contributed by atoms with Crippen molar-refractivity contribution in [3.63, 3.8) is 0 Å². The maximum atomic E-state index is 11.8. The number of hydrogen-bond donors (Lipinski definition) is 1. The summed E-state index contributed by atoms with van der Waals surface area (Å²) in [6.45, 7) is 4.09. The summed E-state index contributed by atoms with van der Waals surface area (Å²) in [5, 5.41) is 3.51. The minimum atomic E-state index is -0.157. The number of aryl methyl sites for hydroxylation is 1. The third-order valence-corrected chi connectivity index (χ3v) is 4.73. The number of halogens is 1. The molecule has 0 bridgehead atoms. The molecule has 2 aromatic rings. The molecule has 1 aromatic heterocycles. The lowest BCUT2D eigenvalue weighted by atomic mass is 10.2. The van der Waals surface area contributed by atoms with E-state index in [9.17, 15) is 4.79 Å². The van der Waals surface area contributed by atoms with E-state index < -0.39 is 0 Å². The zero-order valence-corrected chi connectivity index (χ0v) is 12.8. The molecule has 1 amide bonds. The number of thiazole rings is 1. The van der Waals surface area contributed by atoms with E-state index in [0.29, 0.717) is 5.13 Å². The zero-order valence-electron chi connectivity index (χ0n) is 10.4. The van der Waals surface area contributed by atoms with Gasteiger partial charge >= 0.3 is 0 Å². The van der Waals surface area contributed by atoms with Gasteiger partial charge in [0.2, 0.25) is 5.91 Å². The van der Waals surface area contributed by atoms with Crippen molar-refractivity contribution < 1.29 is 4.79 Å². The predicted octanol–water partition coefficient (Wildman–Crippen LogP) is 3.97. The van der Waals surface area contributed by atoms with Crippen molar-refractivity contribution in [1.82, 2.24) is 4.98 Å². The molecular formula is C13H15BrN2OS. The third kappa shape index (κ3) is 2.90. The van der Waals surface area contributed by atoms with Crippen LogP contribution in [0.4, 0.5) is 5.13 Å². The van der Waals surface area contributed by atoms with Gasteiger partial charge < -0.3 is 5.32 Å². The molecule has 2 rings (SSSR count). The van der Waals surface area contributed by atoms with Gasteiger partial charge in [0, 0.05) is 0 Å². The molecule has 0 fully saturated rings. The van der Waals surface area contributed by atoms with Crippen LogP contribution < -0.4 is 5.32 Å². The quantitative estimate of drug-likeness (QED) is 0.864. The second-order valence-electron chi connectivity index (χ2n) is 4.04. The Bertz CT molecular complexity index is 567. The number of nitrogens with zero attached hydrogens (tertiary/aromatic N) is 1. The molecule has 0 radical (unpaired) electrons. The Labute approximate surface area is 119 Å². The van der Waals surface area contributed by atoms with Crippen LogP contribution in [0, 0.1) is 0 Å². The highest BCUT2D eigenvalue weighted by Crippen LogP contribution is 2.27. The Morgan fingerprint density at radius 3 is 2.94 bits per heavy atom. The van der Waals surface area contributed by atoms with E-state index in [1.807, 2.05) is 13.0 Å². The lowest BCUT2D eigenvalue weighted by Gasteiger charge is -2.04. The second-order valence-corrected chi connectivity index (χ2v) is 6.18. The molecule has 3 nitrogen and oxygen atoms in total. The number of anilines is 1. The van der Waals surface area contributed by atoms with Gasteiger partial charge in [-0.1, -0.05) is 47.2 Å². The molecule has 1 heterocycles. The first-order valence-corrected chi connectivity index (χ1v) is 7.71. The van der Waals surface area contributed by atoms with Crippen LogP contribution in [0.2, 0.25) is 0 Å². The number of hydrogen-bond acceptors (Lipinski definition) is 3. The van der Waals surface area contributed by atoms with E-state index >= 15 is 0 Å². The fraction of sp³-hybridized carbons (Fsp3) is 0.385. The van der Waals surface area contributed by atoms with E-state index in [2.05, 4.69) is 45.3 Å². The van der Waals surface area contributed by atoms with Crippen molar-refractivity contribution in [3.8, 4) is 0 Å². The largest absolute Gasteiger partial charge is 0.301 e. The van der Waals surface area contributed by atoms with E-state index in [4.69, 9.17) is 0 Å². The summed E-state index contributed by atoms with van der Waals surface area (Å²) >= 11 is 4.85. The highest BCUT2D eigenvalue weighted by atomic mass is 79.9. The van der Waals surface area contributed by atoms with Gasteiger partial charge in [-0.05, 0) is 30.5 Å². The van der Waals surface area contributed by atoms with Crippen LogP contribution in [0.3, 0.4) is 0 Å². The number of rotatable bonds is 4. The van der Waals surface area contributed by atoms with Crippen LogP contribution in [-0.2, 0) is 11.2 Å². The molecule has 0 aliphatic carbocycles. The van der Waals surface area contributed by atoms with Gasteiger partial charge in [-0.3, -0.25) is 4.79 Å². The minimum Gasteiger partial charge on any atom is -0.301 e. The fourth-order valence-electron chi connectivity index (χ4n) is 1.61. The lowest BCUT2D eigenvalue weighted by molar-refractivity contribution is -0.115. The van der Waals surface area contributed by atoms with Gasteiger partial charge in [0.1, 0.15) is 0 Å². The Morgan fingerprint density at radius 1 is 1.50 bits per heavy atom. The van der Waals surface area contributed by atoms with E-state index in [-0.39, 0.29) is 10.7 Å². The van der Waals surface area contributed by atoms with Crippen LogP contribution in [-0.4, -0.2) is 15.7 Å². The van der Waals surface area contributed by atoms with Crippen molar-refractivity contribution in [2.75, 3.05) is 5.32 Å². The molecule has 1 unspecified atom stereocenters. The summed E-state index contributed by atoms with van der Waals surface area (Å²) in [6, 6.07) is 6.22. The number of nitrogens with one attached hydrogen (secondary N) is 1. The summed E-state index contributed by atoms with van der Waals surface area (Å²) in [6.07, 6.45) is 1.77. The fourth-order valence-corrected chi connectivity index (χ4v) is 2.66. The van der Waals surface area contributed by atoms with Crippen molar-refractivity contribution in [3.05, 3.63) is 23.8 Å². The van der Waals surface area contributed by atoms with Gasteiger partial charge in [0.15, 0.2) is 5.13 Å².